The molecule has 0 aromatic heterocycles. The Morgan fingerprint density at radius 1 is 0.667 bits per heavy atom. The van der Waals surface area contributed by atoms with Gasteiger partial charge in [-0.1, -0.05) is 63.3 Å². The van der Waals surface area contributed by atoms with E-state index in [0.29, 0.717) is 12.8 Å². The molecule has 0 N–H and O–H groups in total. The van der Waals surface area contributed by atoms with E-state index in [2.05, 4.69) is 23.8 Å². The third kappa shape index (κ3) is 10.5. The number of alkyl halides is 12. The topological polar surface area (TPSA) is 26.3 Å². The molecule has 230 valence electrons. The first-order valence-corrected chi connectivity index (χ1v) is 12.5. The highest BCUT2D eigenvalue weighted by Crippen LogP contribution is 2.58. The number of rotatable bonds is 21. The van der Waals surface area contributed by atoms with Crippen LogP contribution in [0.1, 0.15) is 84.0 Å². The minimum atomic E-state index is -7.63. The molecule has 0 aromatic rings. The maximum absolute atomic E-state index is 13.6. The highest BCUT2D eigenvalue weighted by atomic mass is 19.4. The molecule has 0 radical (unpaired) electrons. The number of carbonyl (C=O) groups excluding carboxylic acids is 1. The number of halogens is 12. The summed E-state index contributed by atoms with van der Waals surface area (Å²) in [6, 6.07) is 0. The first kappa shape index (κ1) is 37.1. The van der Waals surface area contributed by atoms with Gasteiger partial charge in [-0.15, -0.1) is 0 Å². The van der Waals surface area contributed by atoms with Crippen LogP contribution in [0.2, 0.25) is 0 Å². The summed E-state index contributed by atoms with van der Waals surface area (Å²) in [7, 11) is 0. The zero-order valence-electron chi connectivity index (χ0n) is 21.4. The Balaban J connectivity index is 4.44. The third-order valence-corrected chi connectivity index (χ3v) is 5.69. The number of unbranched alkanes of at least 4 members (excludes halogenated alkanes) is 8. The summed E-state index contributed by atoms with van der Waals surface area (Å²) in [6.07, 6.45) is 10.9. The minimum Gasteiger partial charge on any atom is -0.459 e. The SMILES string of the molecule is CCCCC/C=C\C/C=C\CCCCCCCC(=O)OCC(F)(F)C(F)(F)C(F)(F)C(F)(F)C(F)(F)C(F)F. The van der Waals surface area contributed by atoms with Crippen molar-refractivity contribution in [3.8, 4) is 0 Å². The molecule has 39 heavy (non-hydrogen) atoms. The van der Waals surface area contributed by atoms with Crippen LogP contribution in [0.3, 0.4) is 0 Å². The normalized spacial score (nSPS) is 14.2. The van der Waals surface area contributed by atoms with Crippen molar-refractivity contribution < 1.29 is 62.2 Å². The highest BCUT2D eigenvalue weighted by Gasteiger charge is 2.87. The smallest absolute Gasteiger partial charge is 0.384 e. The van der Waals surface area contributed by atoms with E-state index in [1.54, 1.807) is 0 Å². The van der Waals surface area contributed by atoms with Crippen LogP contribution < -0.4 is 0 Å². The van der Waals surface area contributed by atoms with E-state index in [-0.39, 0.29) is 6.42 Å². The lowest BCUT2D eigenvalue weighted by molar-refractivity contribution is -0.414. The van der Waals surface area contributed by atoms with E-state index in [9.17, 15) is 57.5 Å². The maximum Gasteiger partial charge on any atom is 0.384 e. The Kier molecular flexibility index (Phi) is 15.6. The van der Waals surface area contributed by atoms with Crippen LogP contribution in [0.15, 0.2) is 24.3 Å². The molecule has 0 saturated heterocycles. The second-order valence-corrected chi connectivity index (χ2v) is 8.99. The van der Waals surface area contributed by atoms with E-state index in [4.69, 9.17) is 0 Å². The summed E-state index contributed by atoms with van der Waals surface area (Å²) in [5.41, 5.74) is 0. The average Bonchev–Trinajstić information content (AvgIpc) is 2.84. The Morgan fingerprint density at radius 3 is 1.67 bits per heavy atom. The molecule has 0 rings (SSSR count). The first-order chi connectivity index (χ1) is 17.9. The van der Waals surface area contributed by atoms with E-state index < -0.39 is 55.0 Å². The van der Waals surface area contributed by atoms with Crippen LogP contribution in [0, 0.1) is 0 Å². The minimum absolute atomic E-state index is 0.0499. The fraction of sp³-hybridized carbons (Fsp3) is 0.800. The van der Waals surface area contributed by atoms with E-state index >= 15 is 0 Å². The van der Waals surface area contributed by atoms with Crippen molar-refractivity contribution in [1.29, 1.82) is 0 Å². The summed E-state index contributed by atoms with van der Waals surface area (Å²) in [5.74, 6) is -37.4. The van der Waals surface area contributed by atoms with Crippen LogP contribution in [0.25, 0.3) is 0 Å². The van der Waals surface area contributed by atoms with Crippen LogP contribution in [-0.2, 0) is 9.53 Å². The Hall–Kier alpha value is -1.89. The van der Waals surface area contributed by atoms with Crippen molar-refractivity contribution in [2.75, 3.05) is 6.61 Å². The molecule has 0 unspecified atom stereocenters. The maximum atomic E-state index is 13.6. The van der Waals surface area contributed by atoms with Crippen LogP contribution >= 0.6 is 0 Å². The Morgan fingerprint density at radius 2 is 1.15 bits per heavy atom. The van der Waals surface area contributed by atoms with Crippen molar-refractivity contribution in [1.82, 2.24) is 0 Å². The molecule has 0 amide bonds. The van der Waals surface area contributed by atoms with Gasteiger partial charge in [0.1, 0.15) is 0 Å². The van der Waals surface area contributed by atoms with Crippen molar-refractivity contribution in [3.05, 3.63) is 24.3 Å². The second kappa shape index (κ2) is 16.4. The predicted octanol–water partition coefficient (Wildman–Crippen LogP) is 9.78. The lowest BCUT2D eigenvalue weighted by Gasteiger charge is -2.38. The van der Waals surface area contributed by atoms with Crippen molar-refractivity contribution in [2.24, 2.45) is 0 Å². The fourth-order valence-corrected chi connectivity index (χ4v) is 3.19. The molecular formula is C25H34F12O2. The Labute approximate surface area is 219 Å². The molecule has 0 saturated carbocycles. The number of carbonyl (C=O) groups is 1. The fourth-order valence-electron chi connectivity index (χ4n) is 3.19. The van der Waals surface area contributed by atoms with Crippen LogP contribution in [0.5, 0.6) is 0 Å². The summed E-state index contributed by atoms with van der Waals surface area (Å²) in [6.45, 7) is -0.727. The lowest BCUT2D eigenvalue weighted by Crippen LogP contribution is -2.69. The van der Waals surface area contributed by atoms with Crippen LogP contribution in [0.4, 0.5) is 52.7 Å². The number of ether oxygens (including phenoxy) is 1. The predicted molar refractivity (Wildman–Crippen MR) is 121 cm³/mol. The Bertz CT molecular complexity index is 764. The molecule has 0 aliphatic rings. The van der Waals surface area contributed by atoms with Crippen molar-refractivity contribution in [3.63, 3.8) is 0 Å². The van der Waals surface area contributed by atoms with Gasteiger partial charge in [-0.3, -0.25) is 4.79 Å². The molecule has 0 aliphatic carbocycles. The molecule has 14 heteroatoms. The zero-order chi connectivity index (χ0) is 30.4. The summed E-state index contributed by atoms with van der Waals surface area (Å²) in [5, 5.41) is 0. The molecule has 0 fully saturated rings. The van der Waals surface area contributed by atoms with Gasteiger partial charge >= 0.3 is 42.0 Å². The average molecular weight is 595 g/mol. The van der Waals surface area contributed by atoms with Gasteiger partial charge in [-0.2, -0.15) is 43.9 Å². The van der Waals surface area contributed by atoms with Gasteiger partial charge in [-0.25, -0.2) is 8.78 Å². The van der Waals surface area contributed by atoms with Gasteiger partial charge in [0.15, 0.2) is 6.61 Å². The molecule has 0 bridgehead atoms. The van der Waals surface area contributed by atoms with Gasteiger partial charge in [-0.05, 0) is 38.5 Å². The molecule has 0 spiro atoms. The van der Waals surface area contributed by atoms with E-state index in [1.165, 1.54) is 6.42 Å². The summed E-state index contributed by atoms with van der Waals surface area (Å²) in [4.78, 5) is 11.5. The van der Waals surface area contributed by atoms with Crippen molar-refractivity contribution >= 4 is 5.97 Å². The standard InChI is InChI=1S/C25H34F12O2/c1-2-3-4-5-6-7-8-9-10-11-12-13-14-15-16-17-19(38)39-18-21(28,29)23(32,33)25(36,37)24(34,35)22(30,31)20(26)27/h6-7,9-10,20H,2-5,8,11-18H2,1H3/b7-6-,10-9-. The van der Waals surface area contributed by atoms with Gasteiger partial charge in [0, 0.05) is 6.42 Å². The molecule has 0 aliphatic heterocycles. The van der Waals surface area contributed by atoms with Crippen molar-refractivity contribution in [2.45, 2.75) is 120 Å². The van der Waals surface area contributed by atoms with Gasteiger partial charge in [0.25, 0.3) is 0 Å². The molecule has 0 heterocycles. The van der Waals surface area contributed by atoms with E-state index in [0.717, 1.165) is 44.9 Å². The highest BCUT2D eigenvalue weighted by molar-refractivity contribution is 5.69. The quantitative estimate of drug-likeness (QED) is 0.0573. The van der Waals surface area contributed by atoms with E-state index in [1.807, 2.05) is 12.2 Å². The first-order valence-electron chi connectivity index (χ1n) is 12.5. The second-order valence-electron chi connectivity index (χ2n) is 8.99. The lowest BCUT2D eigenvalue weighted by atomic mass is 9.94. The number of allylic oxidation sites excluding steroid dienone is 4. The summed E-state index contributed by atoms with van der Waals surface area (Å²) < 4.78 is 161. The van der Waals surface area contributed by atoms with Crippen LogP contribution in [-0.4, -0.2) is 48.6 Å². The third-order valence-electron chi connectivity index (χ3n) is 5.69. The van der Waals surface area contributed by atoms with Gasteiger partial charge < -0.3 is 4.74 Å². The van der Waals surface area contributed by atoms with Gasteiger partial charge in [0.2, 0.25) is 0 Å². The monoisotopic (exact) mass is 594 g/mol. The zero-order valence-corrected chi connectivity index (χ0v) is 21.4. The molecule has 0 aromatic carbocycles. The van der Waals surface area contributed by atoms with Gasteiger partial charge in [0.05, 0.1) is 0 Å². The molecule has 2 nitrogen and oxygen atoms in total. The molecule has 0 atom stereocenters. The number of hydrogen-bond acceptors (Lipinski definition) is 2. The largest absolute Gasteiger partial charge is 0.459 e. The molecular weight excluding hydrogens is 560 g/mol. The number of hydrogen-bond donors (Lipinski definition) is 0. The summed E-state index contributed by atoms with van der Waals surface area (Å²) >= 11 is 0. The number of esters is 1.